The molecule has 0 bridgehead atoms. The molecule has 0 unspecified atom stereocenters. The molecule has 0 fully saturated rings. The molecule has 0 aliphatic carbocycles. The standard InChI is InChI=1S/C21H20N2O7/c1-14(21(25)22(2)12-15-6-4-3-5-7-15)30-20(24)9-8-16-10-18-19(29-13-28-18)11-17(16)23(26)27/h3-11,14H,12-13H2,1-2H3/b9-8+/t14-/m1/s1. The minimum absolute atomic E-state index is 0.0299. The van der Waals surface area contributed by atoms with Gasteiger partial charge in [0.05, 0.1) is 16.6 Å². The largest absolute Gasteiger partial charge is 0.454 e. The fourth-order valence-corrected chi connectivity index (χ4v) is 2.91. The van der Waals surface area contributed by atoms with Gasteiger partial charge in [-0.2, -0.15) is 0 Å². The molecule has 0 saturated carbocycles. The third-order valence-electron chi connectivity index (χ3n) is 4.40. The molecule has 9 heteroatoms. The average Bonchev–Trinajstić information content (AvgIpc) is 3.19. The predicted molar refractivity (Wildman–Crippen MR) is 107 cm³/mol. The van der Waals surface area contributed by atoms with Gasteiger partial charge in [0.1, 0.15) is 0 Å². The number of carbonyl (C=O) groups is 2. The van der Waals surface area contributed by atoms with E-state index in [0.717, 1.165) is 11.6 Å². The van der Waals surface area contributed by atoms with Crippen molar-refractivity contribution in [3.05, 3.63) is 69.8 Å². The summed E-state index contributed by atoms with van der Waals surface area (Å²) in [5.41, 5.74) is 0.860. The second-order valence-corrected chi connectivity index (χ2v) is 6.61. The molecule has 0 spiro atoms. The molecule has 1 aliphatic heterocycles. The number of hydrogen-bond acceptors (Lipinski definition) is 7. The molecule has 1 heterocycles. The Morgan fingerprint density at radius 1 is 1.23 bits per heavy atom. The molecule has 0 N–H and O–H groups in total. The lowest BCUT2D eigenvalue weighted by Crippen LogP contribution is -2.36. The third-order valence-corrected chi connectivity index (χ3v) is 4.40. The number of nitro groups is 1. The van der Waals surface area contributed by atoms with Crippen LogP contribution in [0.4, 0.5) is 5.69 Å². The van der Waals surface area contributed by atoms with E-state index in [1.54, 1.807) is 7.05 Å². The first-order chi connectivity index (χ1) is 14.3. The van der Waals surface area contributed by atoms with E-state index in [1.165, 1.54) is 30.0 Å². The molecule has 2 aromatic rings. The maximum atomic E-state index is 12.4. The molecule has 2 aromatic carbocycles. The zero-order valence-corrected chi connectivity index (χ0v) is 16.4. The van der Waals surface area contributed by atoms with E-state index in [0.29, 0.717) is 12.3 Å². The summed E-state index contributed by atoms with van der Waals surface area (Å²) < 4.78 is 15.5. The van der Waals surface area contributed by atoms with Gasteiger partial charge < -0.3 is 19.1 Å². The van der Waals surface area contributed by atoms with Crippen molar-refractivity contribution in [3.8, 4) is 11.5 Å². The summed E-state index contributed by atoms with van der Waals surface area (Å²) in [6.07, 6.45) is 1.27. The van der Waals surface area contributed by atoms with Crippen LogP contribution in [0.15, 0.2) is 48.5 Å². The lowest BCUT2D eigenvalue weighted by atomic mass is 10.1. The first-order valence-corrected chi connectivity index (χ1v) is 9.11. The van der Waals surface area contributed by atoms with E-state index in [-0.39, 0.29) is 29.7 Å². The van der Waals surface area contributed by atoms with Crippen molar-refractivity contribution in [3.63, 3.8) is 0 Å². The second kappa shape index (κ2) is 9.08. The van der Waals surface area contributed by atoms with Gasteiger partial charge in [-0.1, -0.05) is 30.3 Å². The fourth-order valence-electron chi connectivity index (χ4n) is 2.91. The van der Waals surface area contributed by atoms with Crippen LogP contribution in [0.2, 0.25) is 0 Å². The van der Waals surface area contributed by atoms with Gasteiger partial charge in [-0.15, -0.1) is 0 Å². The zero-order valence-electron chi connectivity index (χ0n) is 16.4. The van der Waals surface area contributed by atoms with Crippen LogP contribution >= 0.6 is 0 Å². The number of ether oxygens (including phenoxy) is 3. The lowest BCUT2D eigenvalue weighted by Gasteiger charge is -2.21. The minimum Gasteiger partial charge on any atom is -0.454 e. The minimum atomic E-state index is -1.01. The van der Waals surface area contributed by atoms with Crippen LogP contribution in [0.3, 0.4) is 0 Å². The van der Waals surface area contributed by atoms with Gasteiger partial charge in [-0.25, -0.2) is 4.79 Å². The molecule has 1 amide bonds. The van der Waals surface area contributed by atoms with E-state index in [4.69, 9.17) is 14.2 Å². The Balaban J connectivity index is 1.63. The second-order valence-electron chi connectivity index (χ2n) is 6.61. The molecule has 156 valence electrons. The molecular weight excluding hydrogens is 392 g/mol. The fraction of sp³-hybridized carbons (Fsp3) is 0.238. The van der Waals surface area contributed by atoms with E-state index in [9.17, 15) is 19.7 Å². The summed E-state index contributed by atoms with van der Waals surface area (Å²) >= 11 is 0. The molecule has 30 heavy (non-hydrogen) atoms. The number of carbonyl (C=O) groups excluding carboxylic acids is 2. The van der Waals surface area contributed by atoms with Crippen molar-refractivity contribution in [2.24, 2.45) is 0 Å². The van der Waals surface area contributed by atoms with E-state index >= 15 is 0 Å². The highest BCUT2D eigenvalue weighted by atomic mass is 16.7. The number of esters is 1. The van der Waals surface area contributed by atoms with Crippen LogP contribution in [0.5, 0.6) is 11.5 Å². The number of nitro benzene ring substituents is 1. The first-order valence-electron chi connectivity index (χ1n) is 9.11. The molecule has 0 aromatic heterocycles. The summed E-state index contributed by atoms with van der Waals surface area (Å²) in [6, 6.07) is 12.1. The molecule has 1 atom stereocenters. The molecule has 1 aliphatic rings. The Bertz CT molecular complexity index is 988. The van der Waals surface area contributed by atoms with Gasteiger partial charge in [0.2, 0.25) is 6.79 Å². The lowest BCUT2D eigenvalue weighted by molar-refractivity contribution is -0.385. The van der Waals surface area contributed by atoms with Crippen LogP contribution in [0, 0.1) is 10.1 Å². The summed E-state index contributed by atoms with van der Waals surface area (Å²) in [6.45, 7) is 1.82. The SMILES string of the molecule is C[C@@H](OC(=O)/C=C/c1cc2c(cc1[N+](=O)[O-])OCO2)C(=O)N(C)Cc1ccccc1. The Labute approximate surface area is 172 Å². The Morgan fingerprint density at radius 2 is 1.90 bits per heavy atom. The summed E-state index contributed by atoms with van der Waals surface area (Å²) in [5.74, 6) is -0.549. The van der Waals surface area contributed by atoms with Crippen LogP contribution in [-0.4, -0.2) is 41.6 Å². The molecule has 3 rings (SSSR count). The van der Waals surface area contributed by atoms with Gasteiger partial charge >= 0.3 is 5.97 Å². The number of benzene rings is 2. The third kappa shape index (κ3) is 4.93. The Morgan fingerprint density at radius 3 is 2.57 bits per heavy atom. The van der Waals surface area contributed by atoms with Crippen molar-refractivity contribution < 1.29 is 28.7 Å². The molecular formula is C21H20N2O7. The van der Waals surface area contributed by atoms with Gasteiger partial charge in [-0.3, -0.25) is 14.9 Å². The summed E-state index contributed by atoms with van der Waals surface area (Å²) in [7, 11) is 1.62. The van der Waals surface area contributed by atoms with E-state index in [2.05, 4.69) is 0 Å². The number of fused-ring (bicyclic) bond motifs is 1. The van der Waals surface area contributed by atoms with Crippen molar-refractivity contribution in [1.29, 1.82) is 0 Å². The monoisotopic (exact) mass is 412 g/mol. The number of hydrogen-bond donors (Lipinski definition) is 0. The molecule has 0 radical (unpaired) electrons. The Hall–Kier alpha value is -3.88. The zero-order chi connectivity index (χ0) is 21.7. The van der Waals surface area contributed by atoms with Gasteiger partial charge in [0.15, 0.2) is 17.6 Å². The molecule has 9 nitrogen and oxygen atoms in total. The quantitative estimate of drug-likeness (QED) is 0.298. The highest BCUT2D eigenvalue weighted by Gasteiger charge is 2.23. The number of rotatable bonds is 7. The topological polar surface area (TPSA) is 108 Å². The van der Waals surface area contributed by atoms with E-state index < -0.39 is 17.0 Å². The number of likely N-dealkylation sites (N-methyl/N-ethyl adjacent to an activating group) is 1. The number of amides is 1. The molecule has 0 saturated heterocycles. The number of nitrogens with zero attached hydrogens (tertiary/aromatic N) is 2. The van der Waals surface area contributed by atoms with Crippen LogP contribution in [-0.2, 0) is 20.9 Å². The highest BCUT2D eigenvalue weighted by molar-refractivity contribution is 5.91. The van der Waals surface area contributed by atoms with Gasteiger partial charge in [-0.05, 0) is 24.6 Å². The van der Waals surface area contributed by atoms with Crippen LogP contribution < -0.4 is 9.47 Å². The van der Waals surface area contributed by atoms with Gasteiger partial charge in [0, 0.05) is 19.7 Å². The summed E-state index contributed by atoms with van der Waals surface area (Å²) in [5, 5.41) is 11.3. The van der Waals surface area contributed by atoms with Gasteiger partial charge in [0.25, 0.3) is 11.6 Å². The summed E-state index contributed by atoms with van der Waals surface area (Å²) in [4.78, 5) is 36.7. The van der Waals surface area contributed by atoms with Crippen molar-refractivity contribution >= 4 is 23.6 Å². The first kappa shape index (κ1) is 20.8. The van der Waals surface area contributed by atoms with Crippen molar-refractivity contribution in [2.45, 2.75) is 19.6 Å². The normalized spacial score (nSPS) is 13.1. The average molecular weight is 412 g/mol. The maximum Gasteiger partial charge on any atom is 0.331 e. The van der Waals surface area contributed by atoms with E-state index in [1.807, 2.05) is 30.3 Å². The Kier molecular flexibility index (Phi) is 6.31. The van der Waals surface area contributed by atoms with Crippen molar-refractivity contribution in [2.75, 3.05) is 13.8 Å². The van der Waals surface area contributed by atoms with Crippen LogP contribution in [0.1, 0.15) is 18.1 Å². The van der Waals surface area contributed by atoms with Crippen molar-refractivity contribution in [1.82, 2.24) is 4.90 Å². The smallest absolute Gasteiger partial charge is 0.331 e. The van der Waals surface area contributed by atoms with Crippen LogP contribution in [0.25, 0.3) is 6.08 Å². The maximum absolute atomic E-state index is 12.4. The predicted octanol–water partition coefficient (Wildman–Crippen LogP) is 2.93. The highest BCUT2D eigenvalue weighted by Crippen LogP contribution is 2.38.